The van der Waals surface area contributed by atoms with Gasteiger partial charge in [-0.15, -0.1) is 0 Å². The first-order valence-electron chi connectivity index (χ1n) is 11.1. The maximum absolute atomic E-state index is 11.8. The van der Waals surface area contributed by atoms with Gasteiger partial charge in [0.15, 0.2) is 0 Å². The molecule has 0 bridgehead atoms. The van der Waals surface area contributed by atoms with Crippen molar-refractivity contribution in [1.29, 1.82) is 0 Å². The number of aliphatic hydroxyl groups excluding tert-OH is 1. The van der Waals surface area contributed by atoms with Crippen molar-refractivity contribution in [2.24, 2.45) is 5.92 Å². The van der Waals surface area contributed by atoms with Gasteiger partial charge in [0.2, 0.25) is 5.91 Å². The van der Waals surface area contributed by atoms with Crippen molar-refractivity contribution in [2.75, 3.05) is 6.61 Å². The number of unbranched alkanes of at least 4 members (excludes halogenated alkanes) is 4. The fourth-order valence-electron chi connectivity index (χ4n) is 2.64. The van der Waals surface area contributed by atoms with Gasteiger partial charge in [0.1, 0.15) is 0 Å². The zero-order valence-corrected chi connectivity index (χ0v) is 18.4. The fourth-order valence-corrected chi connectivity index (χ4v) is 2.64. The summed E-state index contributed by atoms with van der Waals surface area (Å²) < 4.78 is 0. The standard InChI is InChI=1S/C25H43NO2/c1-4-5-6-7-8-9-10-11-12-13-14-15-16-17-18-19-20-21-25(28)26-24(22-27)23(2)3/h8-9,11-12,14-15,17-18,23-24,27H,4-7,10,13,16,19-22H2,1-3H3,(H,26,28)/b9-8-,12-11-,15-14-,18-17-/t24-/m0/s1. The lowest BCUT2D eigenvalue weighted by atomic mass is 10.1. The van der Waals surface area contributed by atoms with Gasteiger partial charge in [0.05, 0.1) is 12.6 Å². The van der Waals surface area contributed by atoms with Crippen LogP contribution in [0.15, 0.2) is 48.6 Å². The van der Waals surface area contributed by atoms with E-state index in [9.17, 15) is 9.90 Å². The van der Waals surface area contributed by atoms with Crippen molar-refractivity contribution < 1.29 is 9.90 Å². The van der Waals surface area contributed by atoms with Gasteiger partial charge < -0.3 is 10.4 Å². The molecule has 3 nitrogen and oxygen atoms in total. The monoisotopic (exact) mass is 389 g/mol. The molecule has 0 heterocycles. The second-order valence-corrected chi connectivity index (χ2v) is 7.58. The molecule has 0 rings (SSSR count). The number of amides is 1. The maximum Gasteiger partial charge on any atom is 0.220 e. The molecule has 0 spiro atoms. The summed E-state index contributed by atoms with van der Waals surface area (Å²) >= 11 is 0. The van der Waals surface area contributed by atoms with Crippen molar-refractivity contribution in [3.8, 4) is 0 Å². The highest BCUT2D eigenvalue weighted by molar-refractivity contribution is 5.76. The summed E-state index contributed by atoms with van der Waals surface area (Å²) in [4.78, 5) is 11.8. The molecule has 0 aliphatic rings. The predicted octanol–water partition coefficient (Wildman–Crippen LogP) is 6.27. The van der Waals surface area contributed by atoms with E-state index in [1.165, 1.54) is 25.7 Å². The number of allylic oxidation sites excluding steroid dienone is 8. The van der Waals surface area contributed by atoms with E-state index < -0.39 is 0 Å². The highest BCUT2D eigenvalue weighted by Gasteiger charge is 2.14. The summed E-state index contributed by atoms with van der Waals surface area (Å²) in [6, 6.07) is -0.135. The molecule has 0 aliphatic heterocycles. The van der Waals surface area contributed by atoms with Gasteiger partial charge in [0, 0.05) is 6.42 Å². The molecule has 0 radical (unpaired) electrons. The SMILES string of the molecule is CCCCC/C=C\C/C=C\C/C=C\C/C=C\CCCC(=O)N[C@@H](CO)C(C)C. The molecule has 0 saturated carbocycles. The number of hydrogen-bond acceptors (Lipinski definition) is 2. The number of nitrogens with one attached hydrogen (secondary N) is 1. The van der Waals surface area contributed by atoms with Gasteiger partial charge in [-0.1, -0.05) is 82.2 Å². The molecule has 3 heteroatoms. The van der Waals surface area contributed by atoms with Gasteiger partial charge in [0.25, 0.3) is 0 Å². The second-order valence-electron chi connectivity index (χ2n) is 7.58. The van der Waals surface area contributed by atoms with Crippen LogP contribution in [0.2, 0.25) is 0 Å². The Morgan fingerprint density at radius 3 is 1.79 bits per heavy atom. The second kappa shape index (κ2) is 20.1. The van der Waals surface area contributed by atoms with Crippen LogP contribution in [0, 0.1) is 5.92 Å². The van der Waals surface area contributed by atoms with Crippen molar-refractivity contribution >= 4 is 5.91 Å². The highest BCUT2D eigenvalue weighted by Crippen LogP contribution is 2.04. The molecule has 0 aromatic rings. The Hall–Kier alpha value is -1.61. The largest absolute Gasteiger partial charge is 0.394 e. The minimum absolute atomic E-state index is 0.000576. The Kier molecular flexibility index (Phi) is 19.0. The first-order chi connectivity index (χ1) is 13.6. The number of hydrogen-bond donors (Lipinski definition) is 2. The van der Waals surface area contributed by atoms with Crippen LogP contribution in [0.5, 0.6) is 0 Å². The summed E-state index contributed by atoms with van der Waals surface area (Å²) in [6.07, 6.45) is 28.0. The number of rotatable bonds is 17. The molecular weight excluding hydrogens is 346 g/mol. The summed E-state index contributed by atoms with van der Waals surface area (Å²) in [5.41, 5.74) is 0. The molecule has 2 N–H and O–H groups in total. The molecule has 0 aliphatic carbocycles. The first-order valence-corrected chi connectivity index (χ1v) is 11.1. The van der Waals surface area contributed by atoms with E-state index in [1.54, 1.807) is 0 Å². The van der Waals surface area contributed by atoms with E-state index in [-0.39, 0.29) is 24.5 Å². The van der Waals surface area contributed by atoms with E-state index in [0.29, 0.717) is 6.42 Å². The molecule has 0 aromatic heterocycles. The molecule has 1 atom stereocenters. The molecule has 160 valence electrons. The molecule has 0 aromatic carbocycles. The summed E-state index contributed by atoms with van der Waals surface area (Å²) in [6.45, 7) is 6.24. The molecule has 0 unspecified atom stereocenters. The van der Waals surface area contributed by atoms with Gasteiger partial charge in [-0.3, -0.25) is 4.79 Å². The van der Waals surface area contributed by atoms with Crippen LogP contribution < -0.4 is 5.32 Å². The number of carbonyl (C=O) groups excluding carboxylic acids is 1. The average Bonchev–Trinajstić information content (AvgIpc) is 2.68. The Bertz CT molecular complexity index is 475. The van der Waals surface area contributed by atoms with Crippen molar-refractivity contribution in [1.82, 2.24) is 5.32 Å². The predicted molar refractivity (Wildman–Crippen MR) is 122 cm³/mol. The number of carbonyl (C=O) groups is 1. The lowest BCUT2D eigenvalue weighted by molar-refractivity contribution is -0.122. The Morgan fingerprint density at radius 1 is 0.821 bits per heavy atom. The Morgan fingerprint density at radius 2 is 1.32 bits per heavy atom. The maximum atomic E-state index is 11.8. The lowest BCUT2D eigenvalue weighted by Crippen LogP contribution is -2.40. The van der Waals surface area contributed by atoms with Crippen molar-refractivity contribution in [2.45, 2.75) is 91.0 Å². The summed E-state index contributed by atoms with van der Waals surface area (Å²) in [5.74, 6) is 0.283. The van der Waals surface area contributed by atoms with Crippen LogP contribution in [0.4, 0.5) is 0 Å². The van der Waals surface area contributed by atoms with Crippen LogP contribution in [-0.2, 0) is 4.79 Å². The van der Waals surface area contributed by atoms with E-state index in [0.717, 1.165) is 32.1 Å². The Labute approximate surface area is 173 Å². The van der Waals surface area contributed by atoms with Crippen LogP contribution in [0.1, 0.15) is 85.0 Å². The van der Waals surface area contributed by atoms with Gasteiger partial charge in [-0.2, -0.15) is 0 Å². The van der Waals surface area contributed by atoms with Crippen LogP contribution in [0.3, 0.4) is 0 Å². The minimum Gasteiger partial charge on any atom is -0.394 e. The normalized spacial score (nSPS) is 13.6. The minimum atomic E-state index is -0.135. The smallest absolute Gasteiger partial charge is 0.220 e. The number of aliphatic hydroxyl groups is 1. The highest BCUT2D eigenvalue weighted by atomic mass is 16.3. The lowest BCUT2D eigenvalue weighted by Gasteiger charge is -2.19. The quantitative estimate of drug-likeness (QED) is 0.228. The molecule has 1 amide bonds. The summed E-state index contributed by atoms with van der Waals surface area (Å²) in [5, 5.41) is 12.1. The molecule has 28 heavy (non-hydrogen) atoms. The summed E-state index contributed by atoms with van der Waals surface area (Å²) in [7, 11) is 0. The van der Waals surface area contributed by atoms with E-state index in [1.807, 2.05) is 13.8 Å². The van der Waals surface area contributed by atoms with E-state index in [2.05, 4.69) is 60.8 Å². The first kappa shape index (κ1) is 26.4. The van der Waals surface area contributed by atoms with Gasteiger partial charge in [-0.25, -0.2) is 0 Å². The van der Waals surface area contributed by atoms with Crippen molar-refractivity contribution in [3.05, 3.63) is 48.6 Å². The van der Waals surface area contributed by atoms with Gasteiger partial charge in [-0.05, 0) is 50.9 Å². The van der Waals surface area contributed by atoms with E-state index >= 15 is 0 Å². The third kappa shape index (κ3) is 17.8. The van der Waals surface area contributed by atoms with Crippen molar-refractivity contribution in [3.63, 3.8) is 0 Å². The fraction of sp³-hybridized carbons (Fsp3) is 0.640. The molecule has 0 fully saturated rings. The van der Waals surface area contributed by atoms with Crippen LogP contribution >= 0.6 is 0 Å². The van der Waals surface area contributed by atoms with Crippen LogP contribution in [0.25, 0.3) is 0 Å². The Balaban J connectivity index is 3.61. The zero-order valence-electron chi connectivity index (χ0n) is 18.4. The van der Waals surface area contributed by atoms with Gasteiger partial charge >= 0.3 is 0 Å². The molecular formula is C25H43NO2. The third-order valence-electron chi connectivity index (χ3n) is 4.58. The average molecular weight is 390 g/mol. The molecule has 0 saturated heterocycles. The third-order valence-corrected chi connectivity index (χ3v) is 4.58. The van der Waals surface area contributed by atoms with E-state index in [4.69, 9.17) is 0 Å². The topological polar surface area (TPSA) is 49.3 Å². The van der Waals surface area contributed by atoms with Crippen LogP contribution in [-0.4, -0.2) is 23.7 Å². The zero-order chi connectivity index (χ0) is 20.9.